The molecule has 31 heavy (non-hydrogen) atoms. The number of aromatic nitrogens is 1. The number of amides is 1. The van der Waals surface area contributed by atoms with Crippen molar-refractivity contribution >= 4 is 6.09 Å². The number of hydrogen-bond donors (Lipinski definition) is 1. The summed E-state index contributed by atoms with van der Waals surface area (Å²) < 4.78 is 8.21. The molecule has 1 atom stereocenters. The van der Waals surface area contributed by atoms with Crippen molar-refractivity contribution in [3.05, 3.63) is 52.3 Å². The molecule has 1 amide bonds. The van der Waals surface area contributed by atoms with Gasteiger partial charge in [0, 0.05) is 42.1 Å². The molecule has 4 rings (SSSR count). The molecule has 3 heterocycles. The van der Waals surface area contributed by atoms with E-state index in [-0.39, 0.29) is 12.1 Å². The Morgan fingerprint density at radius 1 is 1.16 bits per heavy atom. The van der Waals surface area contributed by atoms with Crippen molar-refractivity contribution in [1.29, 1.82) is 0 Å². The van der Waals surface area contributed by atoms with E-state index in [0.717, 1.165) is 32.4 Å². The summed E-state index contributed by atoms with van der Waals surface area (Å²) in [5.41, 5.74) is 7.55. The molecule has 0 bridgehead atoms. The van der Waals surface area contributed by atoms with Crippen molar-refractivity contribution in [3.8, 4) is 5.69 Å². The zero-order chi connectivity index (χ0) is 22.8. The zero-order valence-corrected chi connectivity index (χ0v) is 20.3. The maximum atomic E-state index is 13.0. The van der Waals surface area contributed by atoms with Gasteiger partial charge in [-0.15, -0.1) is 0 Å². The summed E-state index contributed by atoms with van der Waals surface area (Å²) >= 11 is 0. The van der Waals surface area contributed by atoms with Crippen LogP contribution in [-0.4, -0.2) is 40.8 Å². The van der Waals surface area contributed by atoms with Crippen LogP contribution in [0.1, 0.15) is 75.7 Å². The topological polar surface area (TPSA) is 46.5 Å². The first-order chi connectivity index (χ1) is 14.8. The summed E-state index contributed by atoms with van der Waals surface area (Å²) in [6.07, 6.45) is 2.63. The fourth-order valence-corrected chi connectivity index (χ4v) is 4.79. The van der Waals surface area contributed by atoms with Crippen LogP contribution in [0.3, 0.4) is 0 Å². The van der Waals surface area contributed by atoms with Crippen LogP contribution in [0.5, 0.6) is 0 Å². The molecule has 0 spiro atoms. The third-order valence-corrected chi connectivity index (χ3v) is 5.97. The fourth-order valence-electron chi connectivity index (χ4n) is 4.79. The Morgan fingerprint density at radius 3 is 2.45 bits per heavy atom. The predicted molar refractivity (Wildman–Crippen MR) is 127 cm³/mol. The second-order valence-corrected chi connectivity index (χ2v) is 9.20. The lowest BCUT2D eigenvalue weighted by atomic mass is 9.94. The van der Waals surface area contributed by atoms with Gasteiger partial charge in [0.2, 0.25) is 0 Å². The number of benzene rings is 1. The molecule has 0 radical (unpaired) electrons. The number of carbonyl (C=O) groups is 1. The number of hydrogen-bond acceptors (Lipinski definition) is 3. The molecular weight excluding hydrogens is 386 g/mol. The Morgan fingerprint density at radius 2 is 1.84 bits per heavy atom. The van der Waals surface area contributed by atoms with Gasteiger partial charge >= 0.3 is 6.09 Å². The van der Waals surface area contributed by atoms with Crippen molar-refractivity contribution < 1.29 is 9.53 Å². The van der Waals surface area contributed by atoms with E-state index in [1.807, 2.05) is 39.5 Å². The summed E-state index contributed by atoms with van der Waals surface area (Å²) in [5, 5.41) is 3.55. The lowest BCUT2D eigenvalue weighted by Crippen LogP contribution is -2.46. The highest BCUT2D eigenvalue weighted by Crippen LogP contribution is 2.40. The van der Waals surface area contributed by atoms with Crippen LogP contribution in [0.25, 0.3) is 5.69 Å². The van der Waals surface area contributed by atoms with Gasteiger partial charge in [-0.05, 0) is 64.8 Å². The molecule has 1 N–H and O–H groups in total. The smallest absolute Gasteiger partial charge is 0.410 e. The van der Waals surface area contributed by atoms with Crippen molar-refractivity contribution in [2.24, 2.45) is 0 Å². The number of nitrogens with one attached hydrogen (secondary N) is 1. The number of aryl methyl sites for hydroxylation is 1. The molecule has 5 heteroatoms. The lowest BCUT2D eigenvalue weighted by molar-refractivity contribution is 0.0142. The van der Waals surface area contributed by atoms with Gasteiger partial charge in [0.1, 0.15) is 5.60 Å². The van der Waals surface area contributed by atoms with Gasteiger partial charge in [0.05, 0.1) is 6.04 Å². The first-order valence-electron chi connectivity index (χ1n) is 11.8. The van der Waals surface area contributed by atoms with Crippen LogP contribution in [0, 0.1) is 6.92 Å². The van der Waals surface area contributed by atoms with Gasteiger partial charge in [-0.3, -0.25) is 4.90 Å². The van der Waals surface area contributed by atoms with E-state index in [1.165, 1.54) is 33.8 Å². The third kappa shape index (κ3) is 4.67. The van der Waals surface area contributed by atoms with E-state index < -0.39 is 5.60 Å². The average molecular weight is 426 g/mol. The van der Waals surface area contributed by atoms with Crippen LogP contribution in [-0.2, 0) is 24.0 Å². The summed E-state index contributed by atoms with van der Waals surface area (Å²) in [4.78, 5) is 14.9. The minimum absolute atomic E-state index is 0.0306. The SMILES string of the molecule is CC.CCc1c2c3c(n1-c1ccc(C)cc1)CCN(C(=O)OC(C)(C)C)C3CNCC2. The van der Waals surface area contributed by atoms with Gasteiger partial charge in [-0.1, -0.05) is 38.5 Å². The predicted octanol–water partition coefficient (Wildman–Crippen LogP) is 5.35. The number of ether oxygens (including phenoxy) is 1. The number of nitrogens with zero attached hydrogens (tertiary/aromatic N) is 2. The standard InChI is InChI=1S/C24H33N3O2.C2H6/c1-6-19-18-11-13-25-15-21-22(18)20(27(19)17-9-7-16(2)8-10-17)12-14-26(21)23(28)29-24(3,4)5;1-2/h7-10,21,25H,6,11-15H2,1-5H3;1-2H3. The zero-order valence-electron chi connectivity index (χ0n) is 20.3. The quantitative estimate of drug-likeness (QED) is 0.705. The van der Waals surface area contributed by atoms with E-state index in [4.69, 9.17) is 4.74 Å². The van der Waals surface area contributed by atoms with E-state index in [2.05, 4.69) is 48.0 Å². The summed E-state index contributed by atoms with van der Waals surface area (Å²) in [5.74, 6) is 0. The summed E-state index contributed by atoms with van der Waals surface area (Å²) in [6.45, 7) is 16.6. The average Bonchev–Trinajstić information content (AvgIpc) is 2.88. The highest BCUT2D eigenvalue weighted by Gasteiger charge is 2.39. The Labute approximate surface area is 187 Å². The highest BCUT2D eigenvalue weighted by atomic mass is 16.6. The van der Waals surface area contributed by atoms with E-state index in [0.29, 0.717) is 6.54 Å². The monoisotopic (exact) mass is 425 g/mol. The molecule has 0 fully saturated rings. The van der Waals surface area contributed by atoms with Gasteiger partial charge in [-0.2, -0.15) is 0 Å². The fraction of sp³-hybridized carbons (Fsp3) is 0.577. The van der Waals surface area contributed by atoms with E-state index >= 15 is 0 Å². The second kappa shape index (κ2) is 9.47. The van der Waals surface area contributed by atoms with Gasteiger partial charge in [0.15, 0.2) is 0 Å². The first-order valence-corrected chi connectivity index (χ1v) is 11.8. The largest absolute Gasteiger partial charge is 0.444 e. The second-order valence-electron chi connectivity index (χ2n) is 9.20. The molecule has 1 aromatic carbocycles. The molecule has 1 aromatic heterocycles. The lowest BCUT2D eigenvalue weighted by Gasteiger charge is -2.37. The number of carbonyl (C=O) groups excluding carboxylic acids is 1. The van der Waals surface area contributed by atoms with Gasteiger partial charge in [0.25, 0.3) is 0 Å². The summed E-state index contributed by atoms with van der Waals surface area (Å²) in [7, 11) is 0. The number of rotatable bonds is 2. The van der Waals surface area contributed by atoms with Crippen LogP contribution in [0.4, 0.5) is 4.79 Å². The highest BCUT2D eigenvalue weighted by molar-refractivity contribution is 5.70. The normalized spacial score (nSPS) is 17.9. The molecule has 0 saturated heterocycles. The van der Waals surface area contributed by atoms with Gasteiger partial charge in [-0.25, -0.2) is 4.79 Å². The molecule has 0 aliphatic carbocycles. The van der Waals surface area contributed by atoms with Crippen LogP contribution in [0.15, 0.2) is 24.3 Å². The molecule has 5 nitrogen and oxygen atoms in total. The minimum atomic E-state index is -0.485. The molecule has 2 aliphatic heterocycles. The molecular formula is C26H39N3O2. The van der Waals surface area contributed by atoms with Crippen molar-refractivity contribution in [3.63, 3.8) is 0 Å². The Bertz CT molecular complexity index is 906. The molecule has 0 saturated carbocycles. The van der Waals surface area contributed by atoms with Gasteiger partial charge < -0.3 is 14.6 Å². The Kier molecular flexibility index (Phi) is 7.15. The van der Waals surface area contributed by atoms with Crippen LogP contribution in [0.2, 0.25) is 0 Å². The first kappa shape index (κ1) is 23.4. The maximum Gasteiger partial charge on any atom is 0.410 e. The Balaban J connectivity index is 0.00000132. The summed E-state index contributed by atoms with van der Waals surface area (Å²) in [6, 6.07) is 8.83. The van der Waals surface area contributed by atoms with Crippen LogP contribution >= 0.6 is 0 Å². The molecule has 1 unspecified atom stereocenters. The van der Waals surface area contributed by atoms with E-state index in [9.17, 15) is 4.79 Å². The van der Waals surface area contributed by atoms with E-state index in [1.54, 1.807) is 0 Å². The Hall–Kier alpha value is -2.27. The van der Waals surface area contributed by atoms with Crippen molar-refractivity contribution in [2.75, 3.05) is 19.6 Å². The third-order valence-electron chi connectivity index (χ3n) is 5.97. The molecule has 170 valence electrons. The van der Waals surface area contributed by atoms with Crippen LogP contribution < -0.4 is 5.32 Å². The minimum Gasteiger partial charge on any atom is -0.444 e. The molecule has 2 aliphatic rings. The molecule has 2 aromatic rings. The van der Waals surface area contributed by atoms with Crippen molar-refractivity contribution in [1.82, 2.24) is 14.8 Å². The van der Waals surface area contributed by atoms with Crippen molar-refractivity contribution in [2.45, 2.75) is 79.4 Å². The maximum absolute atomic E-state index is 13.0.